The van der Waals surface area contributed by atoms with E-state index < -0.39 is 0 Å². The maximum Gasteiger partial charge on any atom is -0.00649 e. The molecule has 1 heterocycles. The fourth-order valence-corrected chi connectivity index (χ4v) is 3.10. The fraction of sp³-hybridized carbons (Fsp3) is 1.00. The van der Waals surface area contributed by atoms with E-state index in [1.165, 1.54) is 56.5 Å². The molecule has 0 spiro atoms. The third-order valence-corrected chi connectivity index (χ3v) is 3.86. The SMILES string of the molecule is CCCCCCC1CCSCC1. The molecule has 0 aromatic heterocycles. The Morgan fingerprint density at radius 1 is 1.08 bits per heavy atom. The summed E-state index contributed by atoms with van der Waals surface area (Å²) in [5.41, 5.74) is 0. The Morgan fingerprint density at radius 3 is 2.50 bits per heavy atom. The highest BCUT2D eigenvalue weighted by Gasteiger charge is 2.12. The van der Waals surface area contributed by atoms with Crippen LogP contribution in [0, 0.1) is 5.92 Å². The van der Waals surface area contributed by atoms with Crippen molar-refractivity contribution in [3.8, 4) is 0 Å². The van der Waals surface area contributed by atoms with E-state index >= 15 is 0 Å². The van der Waals surface area contributed by atoms with Gasteiger partial charge in [-0.25, -0.2) is 0 Å². The number of hydrogen-bond donors (Lipinski definition) is 0. The quantitative estimate of drug-likeness (QED) is 0.582. The molecule has 12 heavy (non-hydrogen) atoms. The van der Waals surface area contributed by atoms with Crippen LogP contribution in [0.2, 0.25) is 0 Å². The molecule has 0 aromatic carbocycles. The predicted molar refractivity (Wildman–Crippen MR) is 58.8 cm³/mol. The van der Waals surface area contributed by atoms with E-state index in [-0.39, 0.29) is 0 Å². The van der Waals surface area contributed by atoms with E-state index in [0.717, 1.165) is 5.92 Å². The first kappa shape index (κ1) is 10.4. The van der Waals surface area contributed by atoms with Gasteiger partial charge in [-0.15, -0.1) is 0 Å². The maximum absolute atomic E-state index is 2.29. The summed E-state index contributed by atoms with van der Waals surface area (Å²) in [5, 5.41) is 0. The molecule has 0 aromatic rings. The molecule has 0 aliphatic carbocycles. The van der Waals surface area contributed by atoms with Crippen LogP contribution in [0.25, 0.3) is 0 Å². The second kappa shape index (κ2) is 6.82. The summed E-state index contributed by atoms with van der Waals surface area (Å²) in [6, 6.07) is 0. The minimum absolute atomic E-state index is 1.09. The van der Waals surface area contributed by atoms with Gasteiger partial charge in [-0.2, -0.15) is 11.8 Å². The van der Waals surface area contributed by atoms with Crippen LogP contribution in [0.5, 0.6) is 0 Å². The van der Waals surface area contributed by atoms with E-state index in [9.17, 15) is 0 Å². The second-order valence-electron chi connectivity index (χ2n) is 3.91. The van der Waals surface area contributed by atoms with Gasteiger partial charge in [0.25, 0.3) is 0 Å². The first-order chi connectivity index (χ1) is 5.93. The summed E-state index contributed by atoms with van der Waals surface area (Å²) < 4.78 is 0. The molecule has 1 fully saturated rings. The van der Waals surface area contributed by atoms with Crippen molar-refractivity contribution in [3.63, 3.8) is 0 Å². The minimum atomic E-state index is 1.09. The van der Waals surface area contributed by atoms with Crippen LogP contribution in [-0.2, 0) is 0 Å². The lowest BCUT2D eigenvalue weighted by Crippen LogP contribution is -2.09. The molecule has 0 nitrogen and oxygen atoms in total. The smallest absolute Gasteiger partial charge is 0.00649 e. The van der Waals surface area contributed by atoms with Crippen LogP contribution >= 0.6 is 11.8 Å². The molecule has 1 aliphatic rings. The number of thioether (sulfide) groups is 1. The Kier molecular flexibility index (Phi) is 5.93. The third-order valence-electron chi connectivity index (χ3n) is 2.81. The van der Waals surface area contributed by atoms with Gasteiger partial charge in [0.1, 0.15) is 0 Å². The maximum atomic E-state index is 2.29. The highest BCUT2D eigenvalue weighted by Crippen LogP contribution is 2.26. The van der Waals surface area contributed by atoms with Crippen LogP contribution < -0.4 is 0 Å². The van der Waals surface area contributed by atoms with Crippen molar-refractivity contribution in [3.05, 3.63) is 0 Å². The van der Waals surface area contributed by atoms with E-state index in [1.54, 1.807) is 0 Å². The number of unbranched alkanes of at least 4 members (excludes halogenated alkanes) is 3. The van der Waals surface area contributed by atoms with Gasteiger partial charge in [-0.1, -0.05) is 39.0 Å². The Hall–Kier alpha value is 0.350. The van der Waals surface area contributed by atoms with Crippen molar-refractivity contribution in [1.29, 1.82) is 0 Å². The molecule has 0 saturated carbocycles. The summed E-state index contributed by atoms with van der Waals surface area (Å²) in [6.45, 7) is 2.29. The first-order valence-corrected chi connectivity index (χ1v) is 6.66. The van der Waals surface area contributed by atoms with E-state index in [0.29, 0.717) is 0 Å². The average molecular weight is 186 g/mol. The second-order valence-corrected chi connectivity index (χ2v) is 5.13. The van der Waals surface area contributed by atoms with Gasteiger partial charge < -0.3 is 0 Å². The van der Waals surface area contributed by atoms with Crippen molar-refractivity contribution >= 4 is 11.8 Å². The molecule has 1 rings (SSSR count). The van der Waals surface area contributed by atoms with Gasteiger partial charge in [0.2, 0.25) is 0 Å². The van der Waals surface area contributed by atoms with Crippen molar-refractivity contribution < 1.29 is 0 Å². The van der Waals surface area contributed by atoms with Gasteiger partial charge in [0, 0.05) is 0 Å². The summed E-state index contributed by atoms with van der Waals surface area (Å²) in [7, 11) is 0. The van der Waals surface area contributed by atoms with E-state index in [2.05, 4.69) is 18.7 Å². The lowest BCUT2D eigenvalue weighted by atomic mass is 9.95. The van der Waals surface area contributed by atoms with Gasteiger partial charge in [-0.3, -0.25) is 0 Å². The molecule has 72 valence electrons. The standard InChI is InChI=1S/C11H22S/c1-2-3-4-5-6-11-7-9-12-10-8-11/h11H,2-10H2,1H3. The Balaban J connectivity index is 1.91. The molecular formula is C11H22S. The van der Waals surface area contributed by atoms with E-state index in [1.807, 2.05) is 0 Å². The van der Waals surface area contributed by atoms with Gasteiger partial charge in [0.15, 0.2) is 0 Å². The lowest BCUT2D eigenvalue weighted by molar-refractivity contribution is 0.428. The molecule has 1 aliphatic heterocycles. The Labute approximate surface area is 81.5 Å². The van der Waals surface area contributed by atoms with Gasteiger partial charge >= 0.3 is 0 Å². The van der Waals surface area contributed by atoms with Gasteiger partial charge in [-0.05, 0) is 30.3 Å². The van der Waals surface area contributed by atoms with Crippen molar-refractivity contribution in [1.82, 2.24) is 0 Å². The zero-order chi connectivity index (χ0) is 8.65. The normalized spacial score (nSPS) is 19.8. The molecule has 0 atom stereocenters. The van der Waals surface area contributed by atoms with Crippen LogP contribution in [0.3, 0.4) is 0 Å². The summed E-state index contributed by atoms with van der Waals surface area (Å²) in [5.74, 6) is 3.94. The van der Waals surface area contributed by atoms with Crippen LogP contribution in [0.15, 0.2) is 0 Å². The third kappa shape index (κ3) is 4.39. The van der Waals surface area contributed by atoms with Crippen LogP contribution in [0.1, 0.15) is 51.9 Å². The topological polar surface area (TPSA) is 0 Å². The number of rotatable bonds is 5. The summed E-state index contributed by atoms with van der Waals surface area (Å²) in [4.78, 5) is 0. The summed E-state index contributed by atoms with van der Waals surface area (Å²) >= 11 is 2.14. The number of hydrogen-bond acceptors (Lipinski definition) is 1. The molecule has 0 N–H and O–H groups in total. The average Bonchev–Trinajstić information content (AvgIpc) is 2.14. The Morgan fingerprint density at radius 2 is 1.83 bits per heavy atom. The van der Waals surface area contributed by atoms with Crippen molar-refractivity contribution in [2.24, 2.45) is 5.92 Å². The highest BCUT2D eigenvalue weighted by atomic mass is 32.2. The highest BCUT2D eigenvalue weighted by molar-refractivity contribution is 7.99. The Bertz CT molecular complexity index is 95.2. The molecule has 1 heteroatoms. The lowest BCUT2D eigenvalue weighted by Gasteiger charge is -2.20. The monoisotopic (exact) mass is 186 g/mol. The molecule has 1 saturated heterocycles. The van der Waals surface area contributed by atoms with Crippen molar-refractivity contribution in [2.45, 2.75) is 51.9 Å². The zero-order valence-corrected chi connectivity index (χ0v) is 9.17. The van der Waals surface area contributed by atoms with Crippen molar-refractivity contribution in [2.75, 3.05) is 11.5 Å². The first-order valence-electron chi connectivity index (χ1n) is 5.51. The van der Waals surface area contributed by atoms with Gasteiger partial charge in [0.05, 0.1) is 0 Å². The molecular weight excluding hydrogens is 164 g/mol. The molecule has 0 unspecified atom stereocenters. The van der Waals surface area contributed by atoms with Crippen LogP contribution in [-0.4, -0.2) is 11.5 Å². The zero-order valence-electron chi connectivity index (χ0n) is 8.35. The predicted octanol–water partition coefficient (Wildman–Crippen LogP) is 4.10. The molecule has 0 bridgehead atoms. The minimum Gasteiger partial charge on any atom is -0.162 e. The molecule has 0 radical (unpaired) electrons. The summed E-state index contributed by atoms with van der Waals surface area (Å²) in [6.07, 6.45) is 10.3. The largest absolute Gasteiger partial charge is 0.162 e. The fourth-order valence-electron chi connectivity index (χ4n) is 1.89. The van der Waals surface area contributed by atoms with Crippen LogP contribution in [0.4, 0.5) is 0 Å². The molecule has 0 amide bonds. The van der Waals surface area contributed by atoms with E-state index in [4.69, 9.17) is 0 Å².